The number of para-hydroxylation sites is 1. The van der Waals surface area contributed by atoms with Gasteiger partial charge in [-0.25, -0.2) is 4.98 Å². The first-order chi connectivity index (χ1) is 9.20. The normalized spacial score (nSPS) is 23.1. The molecule has 19 heavy (non-hydrogen) atoms. The van der Waals surface area contributed by atoms with Gasteiger partial charge in [0.2, 0.25) is 5.95 Å². The Balaban J connectivity index is 2.01. The van der Waals surface area contributed by atoms with Gasteiger partial charge in [-0.05, 0) is 25.5 Å². The van der Waals surface area contributed by atoms with Crippen LogP contribution in [0, 0.1) is 5.92 Å². The van der Waals surface area contributed by atoms with Crippen molar-refractivity contribution in [2.75, 3.05) is 19.5 Å². The molecule has 2 unspecified atom stereocenters. The Morgan fingerprint density at radius 1 is 1.53 bits per heavy atom. The van der Waals surface area contributed by atoms with Gasteiger partial charge < -0.3 is 19.8 Å². The van der Waals surface area contributed by atoms with E-state index in [4.69, 9.17) is 15.2 Å². The maximum Gasteiger partial charge on any atom is 0.201 e. The molecule has 0 spiro atoms. The van der Waals surface area contributed by atoms with Crippen molar-refractivity contribution in [3.05, 3.63) is 18.2 Å². The number of ether oxygens (including phenoxy) is 2. The Labute approximate surface area is 112 Å². The van der Waals surface area contributed by atoms with E-state index in [0.717, 1.165) is 36.4 Å². The summed E-state index contributed by atoms with van der Waals surface area (Å²) in [6.45, 7) is 3.80. The molecule has 0 radical (unpaired) electrons. The molecule has 0 amide bonds. The monoisotopic (exact) mass is 261 g/mol. The van der Waals surface area contributed by atoms with Crippen LogP contribution in [0.2, 0.25) is 0 Å². The number of hydrogen-bond acceptors (Lipinski definition) is 4. The average Bonchev–Trinajstić information content (AvgIpc) is 2.95. The molecule has 0 bridgehead atoms. The molecule has 1 aliphatic heterocycles. The second-order valence-corrected chi connectivity index (χ2v) is 5.03. The molecule has 2 atom stereocenters. The number of anilines is 1. The van der Waals surface area contributed by atoms with Crippen molar-refractivity contribution in [1.82, 2.24) is 9.55 Å². The fourth-order valence-corrected chi connectivity index (χ4v) is 2.75. The molecule has 3 rings (SSSR count). The van der Waals surface area contributed by atoms with E-state index < -0.39 is 0 Å². The molecule has 0 saturated carbocycles. The Kier molecular flexibility index (Phi) is 3.06. The van der Waals surface area contributed by atoms with Gasteiger partial charge in [0, 0.05) is 19.1 Å². The fraction of sp³-hybridized carbons (Fsp3) is 0.500. The number of nitrogen functional groups attached to an aromatic ring is 1. The summed E-state index contributed by atoms with van der Waals surface area (Å²) in [5.41, 5.74) is 7.91. The summed E-state index contributed by atoms with van der Waals surface area (Å²) in [6, 6.07) is 5.90. The largest absolute Gasteiger partial charge is 0.494 e. The summed E-state index contributed by atoms with van der Waals surface area (Å²) < 4.78 is 13.0. The molecule has 2 heterocycles. The topological polar surface area (TPSA) is 62.3 Å². The van der Waals surface area contributed by atoms with Crippen molar-refractivity contribution in [2.45, 2.75) is 26.0 Å². The van der Waals surface area contributed by atoms with Crippen molar-refractivity contribution < 1.29 is 9.47 Å². The molecule has 2 N–H and O–H groups in total. The third-order valence-electron chi connectivity index (χ3n) is 3.94. The van der Waals surface area contributed by atoms with Crippen LogP contribution < -0.4 is 10.5 Å². The number of nitrogens with two attached hydrogens (primary N) is 1. The van der Waals surface area contributed by atoms with Crippen LogP contribution in [0.25, 0.3) is 11.0 Å². The van der Waals surface area contributed by atoms with Gasteiger partial charge in [-0.2, -0.15) is 0 Å². The molecule has 2 aromatic rings. The Morgan fingerprint density at radius 3 is 3.05 bits per heavy atom. The molecule has 102 valence electrons. The first-order valence-corrected chi connectivity index (χ1v) is 6.61. The summed E-state index contributed by atoms with van der Waals surface area (Å²) >= 11 is 0. The third-order valence-corrected chi connectivity index (χ3v) is 3.94. The van der Waals surface area contributed by atoms with E-state index in [-0.39, 0.29) is 6.10 Å². The molecular formula is C14H19N3O2. The van der Waals surface area contributed by atoms with E-state index in [0.29, 0.717) is 11.9 Å². The first-order valence-electron chi connectivity index (χ1n) is 6.61. The summed E-state index contributed by atoms with van der Waals surface area (Å²) in [5, 5.41) is 0. The van der Waals surface area contributed by atoms with Gasteiger partial charge in [-0.1, -0.05) is 6.07 Å². The third kappa shape index (κ3) is 2.04. The van der Waals surface area contributed by atoms with Gasteiger partial charge >= 0.3 is 0 Å². The highest BCUT2D eigenvalue weighted by Crippen LogP contribution is 2.30. The van der Waals surface area contributed by atoms with Crippen molar-refractivity contribution in [3.8, 4) is 5.75 Å². The van der Waals surface area contributed by atoms with Crippen molar-refractivity contribution in [3.63, 3.8) is 0 Å². The molecule has 0 aliphatic carbocycles. The van der Waals surface area contributed by atoms with Crippen LogP contribution in [0.15, 0.2) is 18.2 Å². The second-order valence-electron chi connectivity index (χ2n) is 5.03. The van der Waals surface area contributed by atoms with E-state index in [1.54, 1.807) is 7.11 Å². The van der Waals surface area contributed by atoms with E-state index in [2.05, 4.69) is 16.5 Å². The van der Waals surface area contributed by atoms with Gasteiger partial charge in [0.15, 0.2) is 0 Å². The van der Waals surface area contributed by atoms with Crippen LogP contribution in [-0.2, 0) is 11.3 Å². The quantitative estimate of drug-likeness (QED) is 0.918. The van der Waals surface area contributed by atoms with Crippen LogP contribution >= 0.6 is 0 Å². The lowest BCUT2D eigenvalue weighted by atomic mass is 10.0. The molecule has 1 fully saturated rings. The number of rotatable bonds is 3. The lowest BCUT2D eigenvalue weighted by molar-refractivity contribution is 0.102. The SMILES string of the molecule is COc1cccc2c1nc(N)n2CC1CCOC1C. The minimum absolute atomic E-state index is 0.280. The number of hydrogen-bond donors (Lipinski definition) is 1. The Bertz CT molecular complexity index is 594. The van der Waals surface area contributed by atoms with Crippen LogP contribution in [-0.4, -0.2) is 29.4 Å². The number of fused-ring (bicyclic) bond motifs is 1. The second kappa shape index (κ2) is 4.74. The minimum Gasteiger partial charge on any atom is -0.494 e. The van der Waals surface area contributed by atoms with Crippen molar-refractivity contribution >= 4 is 17.0 Å². The zero-order valence-electron chi connectivity index (χ0n) is 11.3. The van der Waals surface area contributed by atoms with Crippen LogP contribution in [0.5, 0.6) is 5.75 Å². The predicted molar refractivity (Wildman–Crippen MR) is 74.2 cm³/mol. The van der Waals surface area contributed by atoms with Gasteiger partial charge in [0.05, 0.1) is 18.7 Å². The maximum atomic E-state index is 6.06. The van der Waals surface area contributed by atoms with E-state index >= 15 is 0 Å². The van der Waals surface area contributed by atoms with Crippen molar-refractivity contribution in [1.29, 1.82) is 0 Å². The summed E-state index contributed by atoms with van der Waals surface area (Å²) in [4.78, 5) is 4.43. The summed E-state index contributed by atoms with van der Waals surface area (Å²) in [5.74, 6) is 1.79. The molecule has 1 aromatic heterocycles. The molecular weight excluding hydrogens is 242 g/mol. The lowest BCUT2D eigenvalue weighted by Gasteiger charge is -2.16. The standard InChI is InChI=1S/C14H19N3O2/c1-9-10(6-7-19-9)8-17-11-4-3-5-12(18-2)13(11)16-14(17)15/h3-5,9-10H,6-8H2,1-2H3,(H2,15,16). The zero-order chi connectivity index (χ0) is 13.4. The highest BCUT2D eigenvalue weighted by Gasteiger charge is 2.26. The zero-order valence-corrected chi connectivity index (χ0v) is 11.3. The first kappa shape index (κ1) is 12.3. The molecule has 1 aromatic carbocycles. The summed E-state index contributed by atoms with van der Waals surface area (Å²) in [6.07, 6.45) is 1.35. The molecule has 5 nitrogen and oxygen atoms in total. The van der Waals surface area contributed by atoms with Crippen LogP contribution in [0.3, 0.4) is 0 Å². The van der Waals surface area contributed by atoms with Gasteiger partial charge in [-0.15, -0.1) is 0 Å². The van der Waals surface area contributed by atoms with Crippen LogP contribution in [0.4, 0.5) is 5.95 Å². The van der Waals surface area contributed by atoms with Crippen LogP contribution in [0.1, 0.15) is 13.3 Å². The van der Waals surface area contributed by atoms with E-state index in [9.17, 15) is 0 Å². The number of methoxy groups -OCH3 is 1. The van der Waals surface area contributed by atoms with Gasteiger partial charge in [-0.3, -0.25) is 0 Å². The van der Waals surface area contributed by atoms with Gasteiger partial charge in [0.25, 0.3) is 0 Å². The Hall–Kier alpha value is -1.75. The smallest absolute Gasteiger partial charge is 0.201 e. The fourth-order valence-electron chi connectivity index (χ4n) is 2.75. The van der Waals surface area contributed by atoms with E-state index in [1.165, 1.54) is 0 Å². The van der Waals surface area contributed by atoms with Crippen molar-refractivity contribution in [2.24, 2.45) is 5.92 Å². The lowest BCUT2D eigenvalue weighted by Crippen LogP contribution is -2.18. The Morgan fingerprint density at radius 2 is 2.37 bits per heavy atom. The highest BCUT2D eigenvalue weighted by molar-refractivity contribution is 5.84. The number of nitrogens with zero attached hydrogens (tertiary/aromatic N) is 2. The highest BCUT2D eigenvalue weighted by atomic mass is 16.5. The average molecular weight is 261 g/mol. The number of benzene rings is 1. The predicted octanol–water partition coefficient (Wildman–Crippen LogP) is 2.05. The number of aromatic nitrogens is 2. The number of imidazole rings is 1. The van der Waals surface area contributed by atoms with E-state index in [1.807, 2.05) is 18.2 Å². The maximum absolute atomic E-state index is 6.06. The summed E-state index contributed by atoms with van der Waals surface area (Å²) in [7, 11) is 1.65. The van der Waals surface area contributed by atoms with Gasteiger partial charge in [0.1, 0.15) is 11.3 Å². The minimum atomic E-state index is 0.280. The molecule has 5 heteroatoms. The molecule has 1 aliphatic rings. The molecule has 1 saturated heterocycles.